The normalized spacial score (nSPS) is 11.4. The molecule has 0 aliphatic carbocycles. The molecule has 22 heavy (non-hydrogen) atoms. The SMILES string of the molecule is CC[C@@H](CCCNC(=O)OC)NC(=O)OCc1ccccc1. The summed E-state index contributed by atoms with van der Waals surface area (Å²) in [6.45, 7) is 2.77. The highest BCUT2D eigenvalue weighted by atomic mass is 16.5. The molecule has 6 nitrogen and oxygen atoms in total. The third-order valence-corrected chi connectivity index (χ3v) is 3.21. The molecule has 1 rings (SSSR count). The smallest absolute Gasteiger partial charge is 0.407 e. The summed E-state index contributed by atoms with van der Waals surface area (Å²) >= 11 is 0. The molecule has 1 aromatic rings. The lowest BCUT2D eigenvalue weighted by Crippen LogP contribution is -2.35. The summed E-state index contributed by atoms with van der Waals surface area (Å²) in [5.74, 6) is 0. The Hall–Kier alpha value is -2.24. The minimum Gasteiger partial charge on any atom is -0.453 e. The Morgan fingerprint density at radius 1 is 1.18 bits per heavy atom. The fraction of sp³-hybridized carbons (Fsp3) is 0.500. The Balaban J connectivity index is 2.21. The van der Waals surface area contributed by atoms with Gasteiger partial charge in [-0.25, -0.2) is 9.59 Å². The molecule has 2 amide bonds. The van der Waals surface area contributed by atoms with Gasteiger partial charge in [0.05, 0.1) is 7.11 Å². The predicted molar refractivity (Wildman–Crippen MR) is 83.5 cm³/mol. The van der Waals surface area contributed by atoms with Crippen molar-refractivity contribution in [3.05, 3.63) is 35.9 Å². The van der Waals surface area contributed by atoms with Crippen LogP contribution >= 0.6 is 0 Å². The molecule has 0 unspecified atom stereocenters. The quantitative estimate of drug-likeness (QED) is 0.724. The van der Waals surface area contributed by atoms with Crippen LogP contribution < -0.4 is 10.6 Å². The van der Waals surface area contributed by atoms with E-state index in [2.05, 4.69) is 15.4 Å². The molecule has 6 heteroatoms. The minimum absolute atomic E-state index is 0.0303. The van der Waals surface area contributed by atoms with Crippen LogP contribution in [0.2, 0.25) is 0 Å². The number of hydrogen-bond acceptors (Lipinski definition) is 4. The molecule has 0 aromatic heterocycles. The standard InChI is InChI=1S/C16H24N2O4/c1-3-14(10-7-11-17-15(19)21-2)18-16(20)22-12-13-8-5-4-6-9-13/h4-6,8-9,14H,3,7,10-12H2,1-2H3,(H,17,19)(H,18,20)/t14-/m0/s1. The lowest BCUT2D eigenvalue weighted by atomic mass is 10.1. The molecule has 2 N–H and O–H groups in total. The van der Waals surface area contributed by atoms with Gasteiger partial charge in [0, 0.05) is 12.6 Å². The molecule has 0 heterocycles. The van der Waals surface area contributed by atoms with E-state index in [9.17, 15) is 9.59 Å². The molecule has 0 aliphatic heterocycles. The number of alkyl carbamates (subject to hydrolysis) is 2. The highest BCUT2D eigenvalue weighted by Crippen LogP contribution is 2.04. The molecular formula is C16H24N2O4. The Morgan fingerprint density at radius 2 is 1.91 bits per heavy atom. The number of rotatable bonds is 8. The summed E-state index contributed by atoms with van der Waals surface area (Å²) in [7, 11) is 1.33. The van der Waals surface area contributed by atoms with Crippen molar-refractivity contribution in [2.75, 3.05) is 13.7 Å². The number of nitrogens with one attached hydrogen (secondary N) is 2. The molecule has 0 aliphatic rings. The number of hydrogen-bond donors (Lipinski definition) is 2. The van der Waals surface area contributed by atoms with Crippen molar-refractivity contribution in [2.45, 2.75) is 38.8 Å². The molecule has 0 spiro atoms. The largest absolute Gasteiger partial charge is 0.453 e. The van der Waals surface area contributed by atoms with Gasteiger partial charge < -0.3 is 20.1 Å². The van der Waals surface area contributed by atoms with E-state index < -0.39 is 12.2 Å². The number of carbonyl (C=O) groups is 2. The summed E-state index contributed by atoms with van der Waals surface area (Å²) in [4.78, 5) is 22.7. The van der Waals surface area contributed by atoms with Crippen molar-refractivity contribution >= 4 is 12.2 Å². The van der Waals surface area contributed by atoms with Gasteiger partial charge in [0.25, 0.3) is 0 Å². The molecule has 122 valence electrons. The fourth-order valence-corrected chi connectivity index (χ4v) is 1.92. The molecule has 1 atom stereocenters. The van der Waals surface area contributed by atoms with E-state index in [-0.39, 0.29) is 12.6 Å². The topological polar surface area (TPSA) is 76.7 Å². The highest BCUT2D eigenvalue weighted by Gasteiger charge is 2.11. The van der Waals surface area contributed by atoms with Gasteiger partial charge in [-0.1, -0.05) is 37.3 Å². The van der Waals surface area contributed by atoms with Crippen LogP contribution in [0.5, 0.6) is 0 Å². The third kappa shape index (κ3) is 7.52. The van der Waals surface area contributed by atoms with Crippen LogP contribution in [0.4, 0.5) is 9.59 Å². The molecule has 0 radical (unpaired) electrons. The first kappa shape index (κ1) is 17.8. The molecule has 0 bridgehead atoms. The van der Waals surface area contributed by atoms with Crippen molar-refractivity contribution in [3.63, 3.8) is 0 Å². The van der Waals surface area contributed by atoms with Gasteiger partial charge in [0.1, 0.15) is 6.61 Å². The molecular weight excluding hydrogens is 284 g/mol. The van der Waals surface area contributed by atoms with Crippen molar-refractivity contribution in [2.24, 2.45) is 0 Å². The van der Waals surface area contributed by atoms with E-state index in [4.69, 9.17) is 4.74 Å². The maximum absolute atomic E-state index is 11.7. The lowest BCUT2D eigenvalue weighted by molar-refractivity contribution is 0.134. The van der Waals surface area contributed by atoms with Gasteiger partial charge in [-0.15, -0.1) is 0 Å². The Morgan fingerprint density at radius 3 is 2.55 bits per heavy atom. The van der Waals surface area contributed by atoms with Crippen LogP contribution in [0.15, 0.2) is 30.3 Å². The van der Waals surface area contributed by atoms with E-state index in [0.29, 0.717) is 6.54 Å². The van der Waals surface area contributed by atoms with Crippen LogP contribution in [0.25, 0.3) is 0 Å². The van der Waals surface area contributed by atoms with Crippen LogP contribution in [-0.2, 0) is 16.1 Å². The van der Waals surface area contributed by atoms with Gasteiger partial charge in [-0.3, -0.25) is 0 Å². The number of ether oxygens (including phenoxy) is 2. The number of amides is 2. The second-order valence-corrected chi connectivity index (χ2v) is 4.87. The third-order valence-electron chi connectivity index (χ3n) is 3.21. The summed E-state index contributed by atoms with van der Waals surface area (Å²) in [5.41, 5.74) is 0.952. The summed E-state index contributed by atoms with van der Waals surface area (Å²) < 4.78 is 9.66. The van der Waals surface area contributed by atoms with Crippen LogP contribution in [0.1, 0.15) is 31.7 Å². The monoisotopic (exact) mass is 308 g/mol. The Labute approximate surface area is 131 Å². The van der Waals surface area contributed by atoms with Crippen LogP contribution in [0, 0.1) is 0 Å². The van der Waals surface area contributed by atoms with E-state index in [1.807, 2.05) is 37.3 Å². The molecule has 0 fully saturated rings. The maximum Gasteiger partial charge on any atom is 0.407 e. The van der Waals surface area contributed by atoms with Gasteiger partial charge in [-0.2, -0.15) is 0 Å². The van der Waals surface area contributed by atoms with Crippen LogP contribution in [0.3, 0.4) is 0 Å². The van der Waals surface area contributed by atoms with Gasteiger partial charge in [0.2, 0.25) is 0 Å². The first-order valence-electron chi connectivity index (χ1n) is 7.44. The second-order valence-electron chi connectivity index (χ2n) is 4.87. The van der Waals surface area contributed by atoms with Gasteiger partial charge in [-0.05, 0) is 24.8 Å². The first-order chi connectivity index (χ1) is 10.7. The number of benzene rings is 1. The molecule has 0 saturated carbocycles. The van der Waals surface area contributed by atoms with Crippen molar-refractivity contribution in [1.29, 1.82) is 0 Å². The average molecular weight is 308 g/mol. The number of methoxy groups -OCH3 is 1. The van der Waals surface area contributed by atoms with Crippen molar-refractivity contribution in [1.82, 2.24) is 10.6 Å². The van der Waals surface area contributed by atoms with E-state index in [0.717, 1.165) is 24.8 Å². The summed E-state index contributed by atoms with van der Waals surface area (Å²) in [6.07, 6.45) is 1.46. The zero-order valence-corrected chi connectivity index (χ0v) is 13.1. The first-order valence-corrected chi connectivity index (χ1v) is 7.44. The van der Waals surface area contributed by atoms with Crippen molar-refractivity contribution in [3.8, 4) is 0 Å². The summed E-state index contributed by atoms with van der Waals surface area (Å²) in [6, 6.07) is 9.56. The van der Waals surface area contributed by atoms with Crippen LogP contribution in [-0.4, -0.2) is 31.9 Å². The van der Waals surface area contributed by atoms with E-state index in [1.165, 1.54) is 7.11 Å². The van der Waals surface area contributed by atoms with E-state index >= 15 is 0 Å². The number of carbonyl (C=O) groups excluding carboxylic acids is 2. The summed E-state index contributed by atoms with van der Waals surface area (Å²) in [5, 5.41) is 5.44. The maximum atomic E-state index is 11.7. The minimum atomic E-state index is -0.441. The van der Waals surface area contributed by atoms with Gasteiger partial charge in [0.15, 0.2) is 0 Å². The zero-order chi connectivity index (χ0) is 16.2. The van der Waals surface area contributed by atoms with E-state index in [1.54, 1.807) is 0 Å². The van der Waals surface area contributed by atoms with Gasteiger partial charge >= 0.3 is 12.2 Å². The molecule has 1 aromatic carbocycles. The Kier molecular flexibility index (Phi) is 8.49. The molecule has 0 saturated heterocycles. The fourth-order valence-electron chi connectivity index (χ4n) is 1.92. The van der Waals surface area contributed by atoms with Crippen molar-refractivity contribution < 1.29 is 19.1 Å². The highest BCUT2D eigenvalue weighted by molar-refractivity contribution is 5.67. The zero-order valence-electron chi connectivity index (χ0n) is 13.1. The second kappa shape index (κ2) is 10.5. The Bertz CT molecular complexity index is 451. The average Bonchev–Trinajstić information content (AvgIpc) is 2.56. The predicted octanol–water partition coefficient (Wildman–Crippen LogP) is 2.83. The lowest BCUT2D eigenvalue weighted by Gasteiger charge is -2.17.